The Morgan fingerprint density at radius 2 is 2.19 bits per heavy atom. The second-order valence-electron chi connectivity index (χ2n) is 4.90. The fourth-order valence-electron chi connectivity index (χ4n) is 2.29. The molecule has 1 aromatic heterocycles. The van der Waals surface area contributed by atoms with E-state index in [1.165, 1.54) is 11.3 Å². The molecule has 1 unspecified atom stereocenters. The van der Waals surface area contributed by atoms with Crippen LogP contribution in [0.15, 0.2) is 18.2 Å². The van der Waals surface area contributed by atoms with Crippen molar-refractivity contribution in [2.75, 3.05) is 6.54 Å². The molecule has 1 atom stereocenters. The number of carbonyl (C=O) groups excluding carboxylic acids is 2. The number of hydrogen-bond donors (Lipinski definition) is 2. The van der Waals surface area contributed by atoms with Gasteiger partial charge in [-0.05, 0) is 18.6 Å². The monoisotopic (exact) mass is 342 g/mol. The minimum absolute atomic E-state index is 0.0232. The molecule has 3 rings (SSSR count). The zero-order valence-corrected chi connectivity index (χ0v) is 13.2. The van der Waals surface area contributed by atoms with Crippen molar-refractivity contribution < 1.29 is 9.59 Å². The Balaban J connectivity index is 1.81. The van der Waals surface area contributed by atoms with E-state index in [9.17, 15) is 9.59 Å². The summed E-state index contributed by atoms with van der Waals surface area (Å²) in [5.41, 5.74) is 0. The van der Waals surface area contributed by atoms with Crippen LogP contribution in [0.25, 0.3) is 10.1 Å². The number of hydrogen-bond acceptors (Lipinski definition) is 3. The quantitative estimate of drug-likeness (QED) is 0.880. The number of fused-ring (bicyclic) bond motifs is 1. The minimum Gasteiger partial charge on any atom is -0.354 e. The lowest BCUT2D eigenvalue weighted by Gasteiger charge is -2.23. The fraction of sp³-hybridized carbons (Fsp3) is 0.286. The molecule has 1 aromatic carbocycles. The molecule has 1 aliphatic rings. The van der Waals surface area contributed by atoms with Crippen molar-refractivity contribution in [3.63, 3.8) is 0 Å². The van der Waals surface area contributed by atoms with E-state index < -0.39 is 0 Å². The third kappa shape index (κ3) is 3.00. The van der Waals surface area contributed by atoms with Gasteiger partial charge in [0.05, 0.1) is 5.02 Å². The van der Waals surface area contributed by atoms with E-state index in [1.54, 1.807) is 12.1 Å². The van der Waals surface area contributed by atoms with E-state index >= 15 is 0 Å². The average molecular weight is 343 g/mol. The molecule has 2 heterocycles. The van der Waals surface area contributed by atoms with Crippen LogP contribution in [-0.2, 0) is 4.79 Å². The van der Waals surface area contributed by atoms with Gasteiger partial charge in [-0.2, -0.15) is 0 Å². The van der Waals surface area contributed by atoms with Crippen LogP contribution in [0.2, 0.25) is 10.0 Å². The minimum atomic E-state index is -0.210. The number of amides is 2. The molecule has 110 valence electrons. The molecule has 4 nitrogen and oxygen atoms in total. The Hall–Kier alpha value is -1.30. The molecule has 0 spiro atoms. The Kier molecular flexibility index (Phi) is 4.06. The average Bonchev–Trinajstić information content (AvgIpc) is 2.78. The van der Waals surface area contributed by atoms with Crippen LogP contribution < -0.4 is 10.6 Å². The molecule has 0 aliphatic carbocycles. The van der Waals surface area contributed by atoms with Gasteiger partial charge in [-0.3, -0.25) is 9.59 Å². The van der Waals surface area contributed by atoms with E-state index in [4.69, 9.17) is 23.2 Å². The summed E-state index contributed by atoms with van der Waals surface area (Å²) in [7, 11) is 0. The lowest BCUT2D eigenvalue weighted by molar-refractivity contribution is -0.122. The van der Waals surface area contributed by atoms with Gasteiger partial charge in [0.1, 0.15) is 4.88 Å². The summed E-state index contributed by atoms with van der Waals surface area (Å²) < 4.78 is 0.884. The number of nitrogens with one attached hydrogen (secondary N) is 2. The van der Waals surface area contributed by atoms with Gasteiger partial charge in [0.15, 0.2) is 0 Å². The summed E-state index contributed by atoms with van der Waals surface area (Å²) >= 11 is 13.6. The molecular weight excluding hydrogens is 331 g/mol. The summed E-state index contributed by atoms with van der Waals surface area (Å²) in [6, 6.07) is 5.31. The summed E-state index contributed by atoms with van der Waals surface area (Å²) in [5.74, 6) is -0.187. The third-order valence-corrected chi connectivity index (χ3v) is 5.29. The van der Waals surface area contributed by atoms with Gasteiger partial charge >= 0.3 is 0 Å². The van der Waals surface area contributed by atoms with Gasteiger partial charge in [-0.15, -0.1) is 11.3 Å². The highest BCUT2D eigenvalue weighted by Gasteiger charge is 2.23. The maximum atomic E-state index is 12.3. The van der Waals surface area contributed by atoms with Crippen molar-refractivity contribution in [2.45, 2.75) is 18.9 Å². The fourth-order valence-corrected chi connectivity index (χ4v) is 3.99. The first-order chi connectivity index (χ1) is 10.0. The van der Waals surface area contributed by atoms with Gasteiger partial charge < -0.3 is 10.6 Å². The Labute approximate surface area is 135 Å². The van der Waals surface area contributed by atoms with Crippen LogP contribution in [0.5, 0.6) is 0 Å². The highest BCUT2D eigenvalue weighted by molar-refractivity contribution is 7.21. The summed E-state index contributed by atoms with van der Waals surface area (Å²) in [6.07, 6.45) is 1.08. The normalized spacial score (nSPS) is 18.6. The van der Waals surface area contributed by atoms with Crippen molar-refractivity contribution in [3.05, 3.63) is 33.1 Å². The molecule has 0 saturated carbocycles. The lowest BCUT2D eigenvalue weighted by atomic mass is 10.1. The molecule has 1 saturated heterocycles. The smallest absolute Gasteiger partial charge is 0.263 e. The van der Waals surface area contributed by atoms with Crippen LogP contribution in [0.3, 0.4) is 0 Å². The van der Waals surface area contributed by atoms with Gasteiger partial charge in [0, 0.05) is 34.1 Å². The summed E-state index contributed by atoms with van der Waals surface area (Å²) in [4.78, 5) is 23.9. The first kappa shape index (κ1) is 14.6. The molecule has 2 aromatic rings. The summed E-state index contributed by atoms with van der Waals surface area (Å²) in [6.45, 7) is 0.457. The van der Waals surface area contributed by atoms with E-state index in [1.807, 2.05) is 6.07 Å². The van der Waals surface area contributed by atoms with Gasteiger partial charge in [-0.25, -0.2) is 0 Å². The maximum absolute atomic E-state index is 12.3. The van der Waals surface area contributed by atoms with Crippen molar-refractivity contribution in [2.24, 2.45) is 0 Å². The zero-order valence-electron chi connectivity index (χ0n) is 10.9. The van der Waals surface area contributed by atoms with Gasteiger partial charge in [-0.1, -0.05) is 29.3 Å². The molecular formula is C14H12Cl2N2O2S. The largest absolute Gasteiger partial charge is 0.354 e. The zero-order chi connectivity index (χ0) is 15.0. The number of thiophene rings is 1. The van der Waals surface area contributed by atoms with Crippen LogP contribution in [-0.4, -0.2) is 24.4 Å². The number of halogens is 2. The molecule has 2 N–H and O–H groups in total. The second kappa shape index (κ2) is 5.83. The summed E-state index contributed by atoms with van der Waals surface area (Å²) in [5, 5.41) is 7.54. The molecule has 1 aliphatic heterocycles. The van der Waals surface area contributed by atoms with E-state index in [2.05, 4.69) is 10.6 Å². The number of benzene rings is 1. The predicted molar refractivity (Wildman–Crippen MR) is 85.3 cm³/mol. The maximum Gasteiger partial charge on any atom is 0.263 e. The highest BCUT2D eigenvalue weighted by atomic mass is 35.5. The number of carbonyl (C=O) groups is 2. The molecule has 0 bridgehead atoms. The lowest BCUT2D eigenvalue weighted by Crippen LogP contribution is -2.47. The molecule has 21 heavy (non-hydrogen) atoms. The van der Waals surface area contributed by atoms with Crippen molar-refractivity contribution in [3.8, 4) is 0 Å². The van der Waals surface area contributed by atoms with Crippen molar-refractivity contribution >= 4 is 56.4 Å². The van der Waals surface area contributed by atoms with Crippen molar-refractivity contribution in [1.29, 1.82) is 0 Å². The Bertz CT molecular complexity index is 719. The molecule has 1 fully saturated rings. The van der Waals surface area contributed by atoms with Crippen LogP contribution in [0.4, 0.5) is 0 Å². The number of piperidine rings is 1. The SMILES string of the molecule is O=C1CCC(NC(=O)c2sc3cc(Cl)ccc3c2Cl)CN1. The second-order valence-corrected chi connectivity index (χ2v) is 6.77. The van der Waals surface area contributed by atoms with Crippen LogP contribution >= 0.6 is 34.5 Å². The topological polar surface area (TPSA) is 58.2 Å². The first-order valence-corrected chi connectivity index (χ1v) is 8.07. The van der Waals surface area contributed by atoms with Gasteiger partial charge in [0.2, 0.25) is 5.91 Å². The van der Waals surface area contributed by atoms with Crippen LogP contribution in [0.1, 0.15) is 22.5 Å². The van der Waals surface area contributed by atoms with E-state index in [0.29, 0.717) is 34.3 Å². The van der Waals surface area contributed by atoms with Gasteiger partial charge in [0.25, 0.3) is 5.91 Å². The van der Waals surface area contributed by atoms with E-state index in [0.717, 1.165) is 10.1 Å². The molecule has 2 amide bonds. The highest BCUT2D eigenvalue weighted by Crippen LogP contribution is 2.36. The number of rotatable bonds is 2. The standard InChI is InChI=1S/C14H12Cl2N2O2S/c15-7-1-3-9-10(5-7)21-13(12(9)16)14(20)18-8-2-4-11(19)17-6-8/h1,3,5,8H,2,4,6H2,(H,17,19)(H,18,20). The van der Waals surface area contributed by atoms with Crippen molar-refractivity contribution in [1.82, 2.24) is 10.6 Å². The Morgan fingerprint density at radius 3 is 2.90 bits per heavy atom. The van der Waals surface area contributed by atoms with Crippen LogP contribution in [0, 0.1) is 0 Å². The Morgan fingerprint density at radius 1 is 1.38 bits per heavy atom. The molecule has 7 heteroatoms. The molecule has 0 radical (unpaired) electrons. The first-order valence-electron chi connectivity index (χ1n) is 6.49. The predicted octanol–water partition coefficient (Wildman–Crippen LogP) is 3.22. The third-order valence-electron chi connectivity index (χ3n) is 3.40. The van der Waals surface area contributed by atoms with E-state index in [-0.39, 0.29) is 17.9 Å².